The van der Waals surface area contributed by atoms with Crippen LogP contribution in [-0.4, -0.2) is 24.4 Å². The first-order chi connectivity index (χ1) is 8.99. The Balaban J connectivity index is 2.67. The second-order valence-electron chi connectivity index (χ2n) is 3.99. The van der Waals surface area contributed by atoms with Crippen LogP contribution in [0.3, 0.4) is 0 Å². The first kappa shape index (κ1) is 14.7. The van der Waals surface area contributed by atoms with Gasteiger partial charge in [0.05, 0.1) is 12.5 Å². The molecule has 1 aromatic carbocycles. The van der Waals surface area contributed by atoms with Crippen molar-refractivity contribution in [2.24, 2.45) is 5.73 Å². The molecule has 0 saturated heterocycles. The molecule has 0 aliphatic heterocycles. The van der Waals surface area contributed by atoms with Crippen LogP contribution >= 0.6 is 0 Å². The minimum absolute atomic E-state index is 0.0587. The summed E-state index contributed by atoms with van der Waals surface area (Å²) in [7, 11) is 0. The summed E-state index contributed by atoms with van der Waals surface area (Å²) in [6.07, 6.45) is -0.0587. The quantitative estimate of drug-likeness (QED) is 0.721. The molecular formula is C13H16N2O4. The molecule has 0 fully saturated rings. The highest BCUT2D eigenvalue weighted by Gasteiger charge is 2.18. The van der Waals surface area contributed by atoms with E-state index in [2.05, 4.69) is 10.1 Å². The average Bonchev–Trinajstić information content (AvgIpc) is 2.36. The lowest BCUT2D eigenvalue weighted by Crippen LogP contribution is -2.29. The van der Waals surface area contributed by atoms with Crippen LogP contribution in [0.15, 0.2) is 30.3 Å². The lowest BCUT2D eigenvalue weighted by molar-refractivity contribution is -0.148. The standard InChI is InChI=1S/C13H16N2O4/c1-9(16)15-11(10-5-3-2-4-6-10)7-13(18)19-8-12(14)17/h2-6,11H,7-8H2,1H3,(H2,14,17)(H,15,16)/t11-/m0/s1. The number of amides is 2. The van der Waals surface area contributed by atoms with Crippen LogP contribution in [0, 0.1) is 0 Å². The maximum atomic E-state index is 11.5. The molecule has 0 aliphatic carbocycles. The molecule has 1 aromatic rings. The fraction of sp³-hybridized carbons (Fsp3) is 0.308. The monoisotopic (exact) mass is 264 g/mol. The topological polar surface area (TPSA) is 98.5 Å². The number of esters is 1. The Morgan fingerprint density at radius 3 is 2.42 bits per heavy atom. The van der Waals surface area contributed by atoms with E-state index in [1.54, 1.807) is 24.3 Å². The Bertz CT molecular complexity index is 459. The predicted octanol–water partition coefficient (Wildman–Crippen LogP) is 0.282. The number of hydrogen-bond donors (Lipinski definition) is 2. The van der Waals surface area contributed by atoms with E-state index in [1.807, 2.05) is 6.07 Å². The molecule has 1 atom stereocenters. The van der Waals surface area contributed by atoms with Crippen LogP contribution in [0.1, 0.15) is 24.9 Å². The summed E-state index contributed by atoms with van der Waals surface area (Å²) in [6.45, 7) is 0.908. The summed E-state index contributed by atoms with van der Waals surface area (Å²) in [6, 6.07) is 8.54. The van der Waals surface area contributed by atoms with Gasteiger partial charge < -0.3 is 15.8 Å². The molecule has 102 valence electrons. The molecule has 0 saturated carbocycles. The molecular weight excluding hydrogens is 248 g/mol. The number of hydrogen-bond acceptors (Lipinski definition) is 4. The zero-order chi connectivity index (χ0) is 14.3. The van der Waals surface area contributed by atoms with Crippen LogP contribution in [-0.2, 0) is 19.1 Å². The largest absolute Gasteiger partial charge is 0.456 e. The third-order valence-corrected chi connectivity index (χ3v) is 2.33. The number of carbonyl (C=O) groups is 3. The van der Waals surface area contributed by atoms with E-state index in [0.717, 1.165) is 5.56 Å². The highest BCUT2D eigenvalue weighted by Crippen LogP contribution is 2.17. The zero-order valence-electron chi connectivity index (χ0n) is 10.6. The number of nitrogens with one attached hydrogen (secondary N) is 1. The van der Waals surface area contributed by atoms with Crippen LogP contribution in [0.4, 0.5) is 0 Å². The summed E-state index contributed by atoms with van der Waals surface area (Å²) in [5, 5.41) is 2.66. The van der Waals surface area contributed by atoms with Gasteiger partial charge in [-0.15, -0.1) is 0 Å². The molecule has 0 radical (unpaired) electrons. The number of benzene rings is 1. The third-order valence-electron chi connectivity index (χ3n) is 2.33. The van der Waals surface area contributed by atoms with Gasteiger partial charge in [-0.2, -0.15) is 0 Å². The molecule has 0 heterocycles. The molecule has 2 amide bonds. The Morgan fingerprint density at radius 2 is 1.89 bits per heavy atom. The molecule has 0 unspecified atom stereocenters. The van der Waals surface area contributed by atoms with E-state index in [0.29, 0.717) is 0 Å². The molecule has 0 bridgehead atoms. The summed E-state index contributed by atoms with van der Waals surface area (Å²) < 4.78 is 4.67. The third kappa shape index (κ3) is 5.67. The lowest BCUT2D eigenvalue weighted by atomic mass is 10.0. The van der Waals surface area contributed by atoms with E-state index in [-0.39, 0.29) is 12.3 Å². The normalized spacial score (nSPS) is 11.4. The van der Waals surface area contributed by atoms with Crippen molar-refractivity contribution in [3.63, 3.8) is 0 Å². The van der Waals surface area contributed by atoms with Crippen molar-refractivity contribution in [2.45, 2.75) is 19.4 Å². The molecule has 0 spiro atoms. The minimum atomic E-state index is -0.718. The lowest BCUT2D eigenvalue weighted by Gasteiger charge is -2.17. The van der Waals surface area contributed by atoms with Crippen molar-refractivity contribution in [1.29, 1.82) is 0 Å². The van der Waals surface area contributed by atoms with Crippen molar-refractivity contribution in [1.82, 2.24) is 5.32 Å². The van der Waals surface area contributed by atoms with Crippen molar-refractivity contribution < 1.29 is 19.1 Å². The summed E-state index contributed by atoms with van der Waals surface area (Å²) in [5.74, 6) is -1.57. The van der Waals surface area contributed by atoms with E-state index in [9.17, 15) is 14.4 Å². The Kier molecular flexibility index (Phi) is 5.53. The van der Waals surface area contributed by atoms with Gasteiger partial charge in [-0.3, -0.25) is 14.4 Å². The van der Waals surface area contributed by atoms with Crippen molar-refractivity contribution in [3.8, 4) is 0 Å². The second kappa shape index (κ2) is 7.15. The van der Waals surface area contributed by atoms with Gasteiger partial charge in [0, 0.05) is 6.92 Å². The average molecular weight is 264 g/mol. The van der Waals surface area contributed by atoms with Gasteiger partial charge in [0.15, 0.2) is 6.61 Å². The summed E-state index contributed by atoms with van der Waals surface area (Å²) in [5.41, 5.74) is 5.66. The van der Waals surface area contributed by atoms with Gasteiger partial charge >= 0.3 is 5.97 Å². The van der Waals surface area contributed by atoms with Crippen LogP contribution in [0.2, 0.25) is 0 Å². The van der Waals surface area contributed by atoms with Gasteiger partial charge in [0.25, 0.3) is 5.91 Å². The SMILES string of the molecule is CC(=O)N[C@@H](CC(=O)OCC(N)=O)c1ccccc1. The molecule has 0 aromatic heterocycles. The Morgan fingerprint density at radius 1 is 1.26 bits per heavy atom. The maximum absolute atomic E-state index is 11.5. The minimum Gasteiger partial charge on any atom is -0.456 e. The van der Waals surface area contributed by atoms with Crippen molar-refractivity contribution >= 4 is 17.8 Å². The second-order valence-corrected chi connectivity index (χ2v) is 3.99. The molecule has 3 N–H and O–H groups in total. The van der Waals surface area contributed by atoms with Gasteiger partial charge in [0.1, 0.15) is 0 Å². The predicted molar refractivity (Wildman–Crippen MR) is 67.8 cm³/mol. The highest BCUT2D eigenvalue weighted by atomic mass is 16.5. The van der Waals surface area contributed by atoms with Gasteiger partial charge in [-0.05, 0) is 5.56 Å². The zero-order valence-corrected chi connectivity index (χ0v) is 10.6. The van der Waals surface area contributed by atoms with E-state index in [1.165, 1.54) is 6.92 Å². The highest BCUT2D eigenvalue weighted by molar-refractivity contribution is 5.80. The number of primary amides is 1. The first-order valence-corrected chi connectivity index (χ1v) is 5.75. The number of nitrogens with two attached hydrogens (primary N) is 1. The van der Waals surface area contributed by atoms with E-state index >= 15 is 0 Å². The molecule has 19 heavy (non-hydrogen) atoms. The van der Waals surface area contributed by atoms with E-state index < -0.39 is 24.5 Å². The fourth-order valence-electron chi connectivity index (χ4n) is 1.56. The van der Waals surface area contributed by atoms with E-state index in [4.69, 9.17) is 5.73 Å². The van der Waals surface area contributed by atoms with Gasteiger partial charge in [-0.1, -0.05) is 30.3 Å². The van der Waals surface area contributed by atoms with Gasteiger partial charge in [0.2, 0.25) is 5.91 Å². The Hall–Kier alpha value is -2.37. The summed E-state index contributed by atoms with van der Waals surface area (Å²) >= 11 is 0. The van der Waals surface area contributed by atoms with Crippen LogP contribution in [0.25, 0.3) is 0 Å². The van der Waals surface area contributed by atoms with Gasteiger partial charge in [-0.25, -0.2) is 0 Å². The summed E-state index contributed by atoms with van der Waals surface area (Å²) in [4.78, 5) is 33.2. The van der Waals surface area contributed by atoms with Crippen molar-refractivity contribution in [3.05, 3.63) is 35.9 Å². The number of ether oxygens (including phenoxy) is 1. The van der Waals surface area contributed by atoms with Crippen LogP contribution < -0.4 is 11.1 Å². The number of rotatable bonds is 6. The first-order valence-electron chi connectivity index (χ1n) is 5.75. The maximum Gasteiger partial charge on any atom is 0.308 e. The molecule has 6 heteroatoms. The number of carbonyl (C=O) groups excluding carboxylic acids is 3. The Labute approximate surface area is 110 Å². The molecule has 6 nitrogen and oxygen atoms in total. The van der Waals surface area contributed by atoms with Crippen molar-refractivity contribution in [2.75, 3.05) is 6.61 Å². The van der Waals surface area contributed by atoms with Crippen LogP contribution in [0.5, 0.6) is 0 Å². The molecule has 1 rings (SSSR count). The molecule has 0 aliphatic rings. The fourth-order valence-corrected chi connectivity index (χ4v) is 1.56. The smallest absolute Gasteiger partial charge is 0.308 e.